The molecule has 1 aromatic carbocycles. The number of thiazole rings is 1. The molecule has 7 heteroatoms. The van der Waals surface area contributed by atoms with Crippen molar-refractivity contribution < 1.29 is 9.59 Å². The van der Waals surface area contributed by atoms with Gasteiger partial charge in [-0.25, -0.2) is 4.98 Å². The average Bonchev–Trinajstić information content (AvgIpc) is 3.40. The Morgan fingerprint density at radius 1 is 1.19 bits per heavy atom. The van der Waals surface area contributed by atoms with E-state index in [4.69, 9.17) is 0 Å². The highest BCUT2D eigenvalue weighted by molar-refractivity contribution is 7.17. The number of anilines is 1. The van der Waals surface area contributed by atoms with Crippen LogP contribution in [0, 0.1) is 6.92 Å². The van der Waals surface area contributed by atoms with Crippen molar-refractivity contribution >= 4 is 45.7 Å². The van der Waals surface area contributed by atoms with Crippen molar-refractivity contribution in [2.75, 3.05) is 11.4 Å². The van der Waals surface area contributed by atoms with Crippen LogP contribution in [0.2, 0.25) is 0 Å². The molecule has 0 radical (unpaired) electrons. The third kappa shape index (κ3) is 4.94. The number of aryl methyl sites for hydroxylation is 2. The second-order valence-corrected chi connectivity index (χ2v) is 9.64. The molecule has 1 N–H and O–H groups in total. The molecule has 5 nitrogen and oxygen atoms in total. The third-order valence-electron chi connectivity index (χ3n) is 5.21. The summed E-state index contributed by atoms with van der Waals surface area (Å²) in [6, 6.07) is 14.0. The predicted molar refractivity (Wildman–Crippen MR) is 128 cm³/mol. The van der Waals surface area contributed by atoms with Crippen molar-refractivity contribution in [3.05, 3.63) is 73.9 Å². The zero-order chi connectivity index (χ0) is 21.8. The second kappa shape index (κ2) is 9.58. The van der Waals surface area contributed by atoms with Crippen molar-refractivity contribution in [2.24, 2.45) is 0 Å². The SMILES string of the molecule is CCc1ccc(/C=C2\CCCN(c3nc(C)c(C(=O)NCc4ccccc4)s3)C2=O)s1. The molecule has 0 aliphatic carbocycles. The molecular weight excluding hydrogens is 426 g/mol. The van der Waals surface area contributed by atoms with Gasteiger partial charge in [-0.2, -0.15) is 0 Å². The summed E-state index contributed by atoms with van der Waals surface area (Å²) in [6.45, 7) is 5.04. The van der Waals surface area contributed by atoms with Crippen molar-refractivity contribution in [1.82, 2.24) is 10.3 Å². The summed E-state index contributed by atoms with van der Waals surface area (Å²) in [4.78, 5) is 35.1. The Morgan fingerprint density at radius 3 is 2.74 bits per heavy atom. The Hall–Kier alpha value is -2.77. The minimum atomic E-state index is -0.156. The summed E-state index contributed by atoms with van der Waals surface area (Å²) in [5.41, 5.74) is 2.50. The molecule has 1 fully saturated rings. The van der Waals surface area contributed by atoms with E-state index in [1.54, 1.807) is 16.2 Å². The Labute approximate surface area is 190 Å². The van der Waals surface area contributed by atoms with Crippen LogP contribution in [0.15, 0.2) is 48.0 Å². The quantitative estimate of drug-likeness (QED) is 0.523. The number of aromatic nitrogens is 1. The molecule has 0 spiro atoms. The molecule has 0 atom stereocenters. The van der Waals surface area contributed by atoms with E-state index in [1.807, 2.05) is 43.3 Å². The predicted octanol–water partition coefficient (Wildman–Crippen LogP) is 5.22. The van der Waals surface area contributed by atoms with Gasteiger partial charge < -0.3 is 5.32 Å². The zero-order valence-corrected chi connectivity index (χ0v) is 19.3. The maximum Gasteiger partial charge on any atom is 0.263 e. The van der Waals surface area contributed by atoms with Crippen molar-refractivity contribution in [3.63, 3.8) is 0 Å². The van der Waals surface area contributed by atoms with Crippen LogP contribution in [0.3, 0.4) is 0 Å². The lowest BCUT2D eigenvalue weighted by Gasteiger charge is -2.26. The smallest absolute Gasteiger partial charge is 0.263 e. The van der Waals surface area contributed by atoms with E-state index in [2.05, 4.69) is 29.4 Å². The molecule has 31 heavy (non-hydrogen) atoms. The molecule has 2 amide bonds. The number of piperidine rings is 1. The van der Waals surface area contributed by atoms with Gasteiger partial charge in [-0.3, -0.25) is 14.5 Å². The van der Waals surface area contributed by atoms with Gasteiger partial charge in [0.1, 0.15) is 4.88 Å². The number of carbonyl (C=O) groups excluding carboxylic acids is 2. The number of benzene rings is 1. The van der Waals surface area contributed by atoms with Crippen LogP contribution in [0.1, 0.15) is 50.4 Å². The number of nitrogens with zero attached hydrogens (tertiary/aromatic N) is 2. The number of carbonyl (C=O) groups is 2. The Kier molecular flexibility index (Phi) is 6.63. The van der Waals surface area contributed by atoms with Crippen LogP contribution in [-0.4, -0.2) is 23.3 Å². The number of nitrogens with one attached hydrogen (secondary N) is 1. The first-order chi connectivity index (χ1) is 15.0. The van der Waals surface area contributed by atoms with Gasteiger partial charge >= 0.3 is 0 Å². The van der Waals surface area contributed by atoms with Crippen LogP contribution in [0.4, 0.5) is 5.13 Å². The highest BCUT2D eigenvalue weighted by atomic mass is 32.1. The summed E-state index contributed by atoms with van der Waals surface area (Å²) in [7, 11) is 0. The normalized spacial score (nSPS) is 15.5. The molecule has 3 aromatic rings. The van der Waals surface area contributed by atoms with Gasteiger partial charge in [0.15, 0.2) is 5.13 Å². The first-order valence-electron chi connectivity index (χ1n) is 10.5. The molecule has 4 rings (SSSR count). The maximum absolute atomic E-state index is 13.1. The van der Waals surface area contributed by atoms with Gasteiger partial charge in [0.25, 0.3) is 11.8 Å². The van der Waals surface area contributed by atoms with Gasteiger partial charge in [0, 0.05) is 28.4 Å². The molecule has 0 bridgehead atoms. The number of hydrogen-bond acceptors (Lipinski definition) is 5. The molecule has 1 aliphatic heterocycles. The molecule has 1 aliphatic rings. The molecule has 160 valence electrons. The van der Waals surface area contributed by atoms with Crippen LogP contribution in [0.5, 0.6) is 0 Å². The van der Waals surface area contributed by atoms with Crippen LogP contribution < -0.4 is 10.2 Å². The topological polar surface area (TPSA) is 62.3 Å². The zero-order valence-electron chi connectivity index (χ0n) is 17.7. The minimum absolute atomic E-state index is 0.0114. The molecule has 0 saturated carbocycles. The highest BCUT2D eigenvalue weighted by Gasteiger charge is 2.28. The first kappa shape index (κ1) is 21.5. The fraction of sp³-hybridized carbons (Fsp3) is 0.292. The number of hydrogen-bond donors (Lipinski definition) is 1. The van der Waals surface area contributed by atoms with Gasteiger partial charge in [0.05, 0.1) is 5.69 Å². The first-order valence-corrected chi connectivity index (χ1v) is 12.1. The second-order valence-electron chi connectivity index (χ2n) is 7.47. The van der Waals surface area contributed by atoms with Crippen LogP contribution >= 0.6 is 22.7 Å². The Morgan fingerprint density at radius 2 is 2.00 bits per heavy atom. The third-order valence-corrected chi connectivity index (χ3v) is 7.57. The van der Waals surface area contributed by atoms with E-state index >= 15 is 0 Å². The fourth-order valence-corrected chi connectivity index (χ4v) is 5.45. The molecule has 0 unspecified atom stereocenters. The van der Waals surface area contributed by atoms with Crippen molar-refractivity contribution in [1.29, 1.82) is 0 Å². The van der Waals surface area contributed by atoms with E-state index in [-0.39, 0.29) is 11.8 Å². The average molecular weight is 452 g/mol. The summed E-state index contributed by atoms with van der Waals surface area (Å²) < 4.78 is 0. The van der Waals surface area contributed by atoms with Gasteiger partial charge in [0.2, 0.25) is 0 Å². The van der Waals surface area contributed by atoms with Crippen LogP contribution in [0.25, 0.3) is 6.08 Å². The standard InChI is InChI=1S/C24H25N3O2S2/c1-3-19-11-12-20(30-19)14-18-10-7-13-27(23(18)29)24-26-16(2)21(31-24)22(28)25-15-17-8-5-4-6-9-17/h4-6,8-9,11-12,14H,3,7,10,13,15H2,1-2H3,(H,25,28)/b18-14+. The fourth-order valence-electron chi connectivity index (χ4n) is 3.53. The number of thiophene rings is 1. The summed E-state index contributed by atoms with van der Waals surface area (Å²) in [6.07, 6.45) is 4.66. The van der Waals surface area contributed by atoms with Gasteiger partial charge in [-0.05, 0) is 50.0 Å². The van der Waals surface area contributed by atoms with E-state index in [0.717, 1.165) is 35.3 Å². The van der Waals surface area contributed by atoms with Gasteiger partial charge in [-0.15, -0.1) is 11.3 Å². The van der Waals surface area contributed by atoms with E-state index in [1.165, 1.54) is 16.2 Å². The van der Waals surface area contributed by atoms with Gasteiger partial charge in [-0.1, -0.05) is 48.6 Å². The molecule has 2 aromatic heterocycles. The van der Waals surface area contributed by atoms with E-state index < -0.39 is 0 Å². The molecule has 3 heterocycles. The Bertz CT molecular complexity index is 1120. The lowest BCUT2D eigenvalue weighted by molar-refractivity contribution is -0.115. The lowest BCUT2D eigenvalue weighted by Crippen LogP contribution is -2.36. The summed E-state index contributed by atoms with van der Waals surface area (Å²) in [5, 5.41) is 3.55. The minimum Gasteiger partial charge on any atom is -0.347 e. The van der Waals surface area contributed by atoms with E-state index in [9.17, 15) is 9.59 Å². The highest BCUT2D eigenvalue weighted by Crippen LogP contribution is 2.31. The monoisotopic (exact) mass is 451 g/mol. The lowest BCUT2D eigenvalue weighted by atomic mass is 10.0. The van der Waals surface area contributed by atoms with Crippen molar-refractivity contribution in [3.8, 4) is 0 Å². The maximum atomic E-state index is 13.1. The number of rotatable bonds is 6. The number of amides is 2. The van der Waals surface area contributed by atoms with Crippen LogP contribution in [-0.2, 0) is 17.8 Å². The Balaban J connectivity index is 1.49. The summed E-state index contributed by atoms with van der Waals surface area (Å²) >= 11 is 3.01. The largest absolute Gasteiger partial charge is 0.347 e. The molecular formula is C24H25N3O2S2. The summed E-state index contributed by atoms with van der Waals surface area (Å²) in [5.74, 6) is -0.168. The molecule has 1 saturated heterocycles. The van der Waals surface area contributed by atoms with Crippen molar-refractivity contribution in [2.45, 2.75) is 39.7 Å². The van der Waals surface area contributed by atoms with E-state index in [0.29, 0.717) is 28.8 Å².